The number of hydrogen-bond acceptors (Lipinski definition) is 3. The van der Waals surface area contributed by atoms with Gasteiger partial charge in [-0.25, -0.2) is 4.79 Å². The first-order valence-corrected chi connectivity index (χ1v) is 8.02. The molecule has 0 spiro atoms. The van der Waals surface area contributed by atoms with Gasteiger partial charge in [0, 0.05) is 20.1 Å². The molecule has 1 heterocycles. The van der Waals surface area contributed by atoms with Crippen molar-refractivity contribution in [1.82, 2.24) is 14.7 Å². The van der Waals surface area contributed by atoms with Crippen molar-refractivity contribution in [2.75, 3.05) is 18.9 Å². The summed E-state index contributed by atoms with van der Waals surface area (Å²) in [5.74, 6) is -0.113. The van der Waals surface area contributed by atoms with E-state index in [-0.39, 0.29) is 24.9 Å². The number of aromatic nitrogens is 2. The van der Waals surface area contributed by atoms with Crippen LogP contribution in [0, 0.1) is 5.92 Å². The Morgan fingerprint density at radius 3 is 2.52 bits per heavy atom. The molecule has 0 bridgehead atoms. The molecule has 0 aromatic carbocycles. The molecule has 1 rings (SSSR count). The van der Waals surface area contributed by atoms with Crippen LogP contribution >= 0.6 is 0 Å². The van der Waals surface area contributed by atoms with Crippen LogP contribution in [0.5, 0.6) is 0 Å². The summed E-state index contributed by atoms with van der Waals surface area (Å²) in [7, 11) is 1.58. The third kappa shape index (κ3) is 5.92. The van der Waals surface area contributed by atoms with Gasteiger partial charge in [0.05, 0.1) is 24.0 Å². The molecule has 1 aromatic rings. The van der Waals surface area contributed by atoms with Crippen LogP contribution in [0.1, 0.15) is 52.1 Å². The van der Waals surface area contributed by atoms with Crippen molar-refractivity contribution >= 4 is 17.7 Å². The maximum absolute atomic E-state index is 12.2. The fraction of sp³-hybridized carbons (Fsp3) is 0.688. The van der Waals surface area contributed by atoms with Gasteiger partial charge in [-0.15, -0.1) is 0 Å². The number of rotatable bonds is 8. The smallest absolute Gasteiger partial charge is 0.321 e. The van der Waals surface area contributed by atoms with Gasteiger partial charge in [0.15, 0.2) is 0 Å². The number of carboxylic acid groups (broad SMARTS) is 1. The largest absolute Gasteiger partial charge is 0.481 e. The van der Waals surface area contributed by atoms with Crippen molar-refractivity contribution in [1.29, 1.82) is 0 Å². The highest BCUT2D eigenvalue weighted by Crippen LogP contribution is 2.25. The highest BCUT2D eigenvalue weighted by atomic mass is 16.4. The average Bonchev–Trinajstić information content (AvgIpc) is 2.85. The maximum atomic E-state index is 12.2. The molecule has 0 aliphatic carbocycles. The van der Waals surface area contributed by atoms with Gasteiger partial charge in [-0.3, -0.25) is 9.48 Å². The van der Waals surface area contributed by atoms with Gasteiger partial charge in [0.1, 0.15) is 0 Å². The van der Waals surface area contributed by atoms with Crippen LogP contribution in [0.15, 0.2) is 6.20 Å². The minimum Gasteiger partial charge on any atom is -0.481 e. The number of hydrogen-bond donors (Lipinski definition) is 2. The highest BCUT2D eigenvalue weighted by molar-refractivity contribution is 5.90. The van der Waals surface area contributed by atoms with Crippen LogP contribution in [-0.2, 0) is 11.3 Å². The van der Waals surface area contributed by atoms with E-state index in [4.69, 9.17) is 5.11 Å². The molecule has 7 nitrogen and oxygen atoms in total. The van der Waals surface area contributed by atoms with Gasteiger partial charge in [-0.05, 0) is 18.3 Å². The Morgan fingerprint density at radius 1 is 1.35 bits per heavy atom. The lowest BCUT2D eigenvalue weighted by atomic mass is 10.1. The van der Waals surface area contributed by atoms with E-state index >= 15 is 0 Å². The first-order chi connectivity index (χ1) is 10.7. The Hall–Kier alpha value is -2.05. The van der Waals surface area contributed by atoms with Crippen LogP contribution in [0.2, 0.25) is 0 Å². The fourth-order valence-corrected chi connectivity index (χ4v) is 2.23. The second-order valence-electron chi connectivity index (χ2n) is 6.50. The predicted octanol–water partition coefficient (Wildman–Crippen LogP) is 2.99. The van der Waals surface area contributed by atoms with E-state index in [1.807, 2.05) is 4.68 Å². The van der Waals surface area contributed by atoms with Gasteiger partial charge in [0.25, 0.3) is 0 Å². The summed E-state index contributed by atoms with van der Waals surface area (Å²) in [4.78, 5) is 24.1. The molecular formula is C16H28N4O3. The normalized spacial score (nSPS) is 11.1. The van der Waals surface area contributed by atoms with E-state index < -0.39 is 5.97 Å². The maximum Gasteiger partial charge on any atom is 0.321 e. The van der Waals surface area contributed by atoms with Gasteiger partial charge in [-0.1, -0.05) is 27.7 Å². The summed E-state index contributed by atoms with van der Waals surface area (Å²) in [5, 5.41) is 15.9. The number of urea groups is 1. The molecule has 0 aliphatic rings. The van der Waals surface area contributed by atoms with E-state index in [1.54, 1.807) is 13.2 Å². The zero-order chi connectivity index (χ0) is 17.6. The number of amides is 2. The number of nitrogens with one attached hydrogen (secondary N) is 1. The number of nitrogens with zero attached hydrogens (tertiary/aromatic N) is 3. The lowest BCUT2D eigenvalue weighted by molar-refractivity contribution is -0.137. The molecule has 0 atom stereocenters. The first kappa shape index (κ1) is 19.0. The van der Waals surface area contributed by atoms with Crippen LogP contribution in [0.25, 0.3) is 0 Å². The number of carbonyl (C=O) groups excluding carboxylic acids is 1. The van der Waals surface area contributed by atoms with Crippen molar-refractivity contribution in [2.45, 2.75) is 53.0 Å². The standard InChI is InChI=1S/C16H28N4O3/c1-11(2)6-9-20-15(12(3)4)13(10-17-20)18-16(23)19(5)8-7-14(21)22/h10-12H,6-9H2,1-5H3,(H,18,23)(H,21,22). The van der Waals surface area contributed by atoms with Crippen LogP contribution in [-0.4, -0.2) is 45.4 Å². The molecule has 0 unspecified atom stereocenters. The van der Waals surface area contributed by atoms with Gasteiger partial charge in [0.2, 0.25) is 0 Å². The third-order valence-corrected chi connectivity index (χ3v) is 3.59. The number of carbonyl (C=O) groups is 2. The molecule has 7 heteroatoms. The van der Waals surface area contributed by atoms with E-state index in [0.717, 1.165) is 18.7 Å². The Labute approximate surface area is 137 Å². The molecule has 0 saturated heterocycles. The average molecular weight is 324 g/mol. The summed E-state index contributed by atoms with van der Waals surface area (Å²) >= 11 is 0. The highest BCUT2D eigenvalue weighted by Gasteiger charge is 2.18. The van der Waals surface area contributed by atoms with Crippen molar-refractivity contribution < 1.29 is 14.7 Å². The summed E-state index contributed by atoms with van der Waals surface area (Å²) < 4.78 is 1.94. The van der Waals surface area contributed by atoms with Crippen molar-refractivity contribution in [3.63, 3.8) is 0 Å². The number of anilines is 1. The second-order valence-corrected chi connectivity index (χ2v) is 6.50. The summed E-state index contributed by atoms with van der Waals surface area (Å²) in [6.07, 6.45) is 2.61. The molecule has 0 saturated carbocycles. The van der Waals surface area contributed by atoms with E-state index in [2.05, 4.69) is 38.1 Å². The van der Waals surface area contributed by atoms with E-state index in [1.165, 1.54) is 4.90 Å². The Morgan fingerprint density at radius 2 is 2.00 bits per heavy atom. The number of aryl methyl sites for hydroxylation is 1. The molecular weight excluding hydrogens is 296 g/mol. The van der Waals surface area contributed by atoms with Crippen molar-refractivity contribution in [3.8, 4) is 0 Å². The molecule has 23 heavy (non-hydrogen) atoms. The summed E-state index contributed by atoms with van der Waals surface area (Å²) in [6.45, 7) is 9.44. The molecule has 0 radical (unpaired) electrons. The van der Waals surface area contributed by atoms with Crippen LogP contribution in [0.3, 0.4) is 0 Å². The van der Waals surface area contributed by atoms with Gasteiger partial charge >= 0.3 is 12.0 Å². The number of carboxylic acids is 1. The minimum atomic E-state index is -0.922. The lowest BCUT2D eigenvalue weighted by Crippen LogP contribution is -2.33. The van der Waals surface area contributed by atoms with E-state index in [9.17, 15) is 9.59 Å². The molecule has 2 amide bonds. The van der Waals surface area contributed by atoms with Crippen molar-refractivity contribution in [2.24, 2.45) is 5.92 Å². The Kier molecular flexibility index (Phi) is 7.06. The Balaban J connectivity index is 2.79. The molecule has 0 aliphatic heterocycles. The molecule has 2 N–H and O–H groups in total. The SMILES string of the molecule is CC(C)CCn1ncc(NC(=O)N(C)CCC(=O)O)c1C(C)C. The second kappa shape index (κ2) is 8.55. The summed E-state index contributed by atoms with van der Waals surface area (Å²) in [5.41, 5.74) is 1.68. The fourth-order valence-electron chi connectivity index (χ4n) is 2.23. The predicted molar refractivity (Wildman–Crippen MR) is 89.7 cm³/mol. The summed E-state index contributed by atoms with van der Waals surface area (Å²) in [6, 6.07) is -0.323. The van der Waals surface area contributed by atoms with Crippen LogP contribution in [0.4, 0.5) is 10.5 Å². The lowest BCUT2D eigenvalue weighted by Gasteiger charge is -2.18. The minimum absolute atomic E-state index is 0.0748. The molecule has 1 aromatic heterocycles. The zero-order valence-electron chi connectivity index (χ0n) is 14.7. The van der Waals surface area contributed by atoms with Gasteiger partial charge < -0.3 is 15.3 Å². The first-order valence-electron chi connectivity index (χ1n) is 8.02. The van der Waals surface area contributed by atoms with Gasteiger partial charge in [-0.2, -0.15) is 5.10 Å². The molecule has 130 valence electrons. The topological polar surface area (TPSA) is 87.5 Å². The van der Waals surface area contributed by atoms with E-state index in [0.29, 0.717) is 11.6 Å². The quantitative estimate of drug-likeness (QED) is 0.769. The van der Waals surface area contributed by atoms with Crippen LogP contribution < -0.4 is 5.32 Å². The third-order valence-electron chi connectivity index (χ3n) is 3.59. The molecule has 0 fully saturated rings. The number of aliphatic carboxylic acids is 1. The monoisotopic (exact) mass is 324 g/mol. The van der Waals surface area contributed by atoms with Crippen molar-refractivity contribution in [3.05, 3.63) is 11.9 Å². The zero-order valence-corrected chi connectivity index (χ0v) is 14.7. The Bertz CT molecular complexity index is 537.